The number of halogens is 2. The third-order valence-electron chi connectivity index (χ3n) is 5.07. The van der Waals surface area contributed by atoms with Crippen LogP contribution in [0.1, 0.15) is 10.4 Å². The van der Waals surface area contributed by atoms with Crippen LogP contribution in [0.4, 0.5) is 10.2 Å². The third kappa shape index (κ3) is 4.21. The lowest BCUT2D eigenvalue weighted by Gasteiger charge is -2.35. The zero-order valence-corrected chi connectivity index (χ0v) is 17.1. The Bertz CT molecular complexity index is 1040. The van der Waals surface area contributed by atoms with Crippen molar-refractivity contribution in [1.82, 2.24) is 15.1 Å². The molecule has 0 aliphatic carbocycles. The van der Waals surface area contributed by atoms with E-state index in [9.17, 15) is 9.18 Å². The fraction of sp³-hybridized carbons (Fsp3) is 0.227. The van der Waals surface area contributed by atoms with Crippen molar-refractivity contribution in [1.29, 1.82) is 0 Å². The first-order valence-electron chi connectivity index (χ1n) is 9.52. The van der Waals surface area contributed by atoms with E-state index in [2.05, 4.69) is 15.1 Å². The van der Waals surface area contributed by atoms with Crippen LogP contribution < -0.4 is 9.64 Å². The highest BCUT2D eigenvalue weighted by molar-refractivity contribution is 6.31. The number of anilines is 1. The van der Waals surface area contributed by atoms with Crippen LogP contribution in [0.2, 0.25) is 5.02 Å². The Morgan fingerprint density at radius 3 is 2.37 bits per heavy atom. The Kier molecular flexibility index (Phi) is 5.81. The third-order valence-corrected chi connectivity index (χ3v) is 5.31. The SMILES string of the molecule is COc1ccc(Cl)cc1C(=O)N1CCN(c2ccc(-c3ccc(F)cc3)nn2)CC1. The number of amides is 1. The molecule has 30 heavy (non-hydrogen) atoms. The number of hydrogen-bond acceptors (Lipinski definition) is 5. The van der Waals surface area contributed by atoms with Gasteiger partial charge in [0.1, 0.15) is 11.6 Å². The van der Waals surface area contributed by atoms with Crippen molar-refractivity contribution in [2.45, 2.75) is 0 Å². The minimum Gasteiger partial charge on any atom is -0.496 e. The second-order valence-corrected chi connectivity index (χ2v) is 7.34. The number of carbonyl (C=O) groups is 1. The fourth-order valence-corrected chi connectivity index (χ4v) is 3.60. The lowest BCUT2D eigenvalue weighted by molar-refractivity contribution is 0.0743. The molecule has 8 heteroatoms. The minimum absolute atomic E-state index is 0.105. The molecule has 0 bridgehead atoms. The molecule has 0 saturated carbocycles. The van der Waals surface area contributed by atoms with Crippen LogP contribution in [0.15, 0.2) is 54.6 Å². The standard InChI is InChI=1S/C22H20ClFN4O2/c1-30-20-8-4-16(23)14-18(20)22(29)28-12-10-27(11-13-28)21-9-7-19(25-26-21)15-2-5-17(24)6-3-15/h2-9,14H,10-13H2,1H3. The Morgan fingerprint density at radius 1 is 1.00 bits per heavy atom. The number of benzene rings is 2. The average Bonchev–Trinajstić information content (AvgIpc) is 2.79. The molecular formula is C22H20ClFN4O2. The van der Waals surface area contributed by atoms with E-state index in [1.165, 1.54) is 19.2 Å². The Hall–Kier alpha value is -3.19. The molecule has 154 valence electrons. The highest BCUT2D eigenvalue weighted by Gasteiger charge is 2.25. The predicted molar refractivity (Wildman–Crippen MR) is 114 cm³/mol. The van der Waals surface area contributed by atoms with E-state index in [4.69, 9.17) is 16.3 Å². The average molecular weight is 427 g/mol. The minimum atomic E-state index is -0.286. The normalized spacial score (nSPS) is 14.0. The Labute approximate surface area is 178 Å². The molecule has 2 aromatic carbocycles. The molecule has 1 fully saturated rings. The lowest BCUT2D eigenvalue weighted by atomic mass is 10.1. The fourth-order valence-electron chi connectivity index (χ4n) is 3.42. The van der Waals surface area contributed by atoms with Crippen molar-refractivity contribution in [3.63, 3.8) is 0 Å². The number of methoxy groups -OCH3 is 1. The summed E-state index contributed by atoms with van der Waals surface area (Å²) in [6.07, 6.45) is 0. The van der Waals surface area contributed by atoms with Gasteiger partial charge in [-0.05, 0) is 54.6 Å². The number of hydrogen-bond donors (Lipinski definition) is 0. The highest BCUT2D eigenvalue weighted by atomic mass is 35.5. The molecule has 0 spiro atoms. The molecule has 4 rings (SSSR count). The number of ether oxygens (including phenoxy) is 1. The monoisotopic (exact) mass is 426 g/mol. The summed E-state index contributed by atoms with van der Waals surface area (Å²) in [6.45, 7) is 2.38. The summed E-state index contributed by atoms with van der Waals surface area (Å²) in [7, 11) is 1.53. The zero-order valence-electron chi connectivity index (χ0n) is 16.4. The molecule has 0 radical (unpaired) electrons. The smallest absolute Gasteiger partial charge is 0.257 e. The molecule has 1 saturated heterocycles. The van der Waals surface area contributed by atoms with Crippen LogP contribution in [0.3, 0.4) is 0 Å². The summed E-state index contributed by atoms with van der Waals surface area (Å²) in [6, 6.07) is 14.9. The molecule has 2 heterocycles. The summed E-state index contributed by atoms with van der Waals surface area (Å²) in [5, 5.41) is 9.07. The highest BCUT2D eigenvalue weighted by Crippen LogP contribution is 2.25. The van der Waals surface area contributed by atoms with Gasteiger partial charge in [0, 0.05) is 36.8 Å². The topological polar surface area (TPSA) is 58.6 Å². The second kappa shape index (κ2) is 8.67. The van der Waals surface area contributed by atoms with Crippen molar-refractivity contribution in [3.8, 4) is 17.0 Å². The molecule has 1 aliphatic heterocycles. The summed E-state index contributed by atoms with van der Waals surface area (Å²) < 4.78 is 18.4. The maximum atomic E-state index is 13.1. The van der Waals surface area contributed by atoms with E-state index in [1.807, 2.05) is 12.1 Å². The molecule has 1 aromatic heterocycles. The Balaban J connectivity index is 1.41. The van der Waals surface area contributed by atoms with Crippen LogP contribution in [0.25, 0.3) is 11.3 Å². The quantitative estimate of drug-likeness (QED) is 0.633. The van der Waals surface area contributed by atoms with Crippen LogP contribution >= 0.6 is 11.6 Å². The van der Waals surface area contributed by atoms with Gasteiger partial charge in [0.2, 0.25) is 0 Å². The zero-order chi connectivity index (χ0) is 21.1. The van der Waals surface area contributed by atoms with Crippen molar-refractivity contribution < 1.29 is 13.9 Å². The van der Waals surface area contributed by atoms with E-state index in [0.29, 0.717) is 48.2 Å². The number of piperazine rings is 1. The van der Waals surface area contributed by atoms with Gasteiger partial charge >= 0.3 is 0 Å². The number of rotatable bonds is 4. The van der Waals surface area contributed by atoms with Crippen molar-refractivity contribution in [3.05, 3.63) is 71.0 Å². The summed E-state index contributed by atoms with van der Waals surface area (Å²) >= 11 is 6.06. The largest absolute Gasteiger partial charge is 0.496 e. The van der Waals surface area contributed by atoms with Gasteiger partial charge in [-0.3, -0.25) is 4.79 Å². The van der Waals surface area contributed by atoms with Crippen LogP contribution in [-0.2, 0) is 0 Å². The van der Waals surface area contributed by atoms with E-state index < -0.39 is 0 Å². The summed E-state index contributed by atoms with van der Waals surface area (Å²) in [5.74, 6) is 0.861. The Morgan fingerprint density at radius 2 is 1.73 bits per heavy atom. The molecule has 3 aromatic rings. The van der Waals surface area contributed by atoms with E-state index in [0.717, 1.165) is 11.4 Å². The van der Waals surface area contributed by atoms with Gasteiger partial charge < -0.3 is 14.5 Å². The van der Waals surface area contributed by atoms with Crippen molar-refractivity contribution in [2.24, 2.45) is 0 Å². The van der Waals surface area contributed by atoms with Crippen LogP contribution in [0.5, 0.6) is 5.75 Å². The molecule has 1 amide bonds. The predicted octanol–water partition coefficient (Wildman–Crippen LogP) is 3.91. The lowest BCUT2D eigenvalue weighted by Crippen LogP contribution is -2.49. The number of nitrogens with zero attached hydrogens (tertiary/aromatic N) is 4. The second-order valence-electron chi connectivity index (χ2n) is 6.91. The first kappa shape index (κ1) is 20.1. The maximum absolute atomic E-state index is 13.1. The van der Waals surface area contributed by atoms with Gasteiger partial charge in [-0.2, -0.15) is 0 Å². The van der Waals surface area contributed by atoms with Gasteiger partial charge in [-0.15, -0.1) is 10.2 Å². The van der Waals surface area contributed by atoms with Crippen molar-refractivity contribution in [2.75, 3.05) is 38.2 Å². The van der Waals surface area contributed by atoms with E-state index >= 15 is 0 Å². The summed E-state index contributed by atoms with van der Waals surface area (Å²) in [5.41, 5.74) is 1.95. The molecule has 0 unspecified atom stereocenters. The van der Waals surface area contributed by atoms with Gasteiger partial charge in [0.25, 0.3) is 5.91 Å². The molecular weight excluding hydrogens is 407 g/mol. The van der Waals surface area contributed by atoms with Crippen molar-refractivity contribution >= 4 is 23.3 Å². The molecule has 0 N–H and O–H groups in total. The van der Waals surface area contributed by atoms with Crippen LogP contribution in [-0.4, -0.2) is 54.3 Å². The van der Waals surface area contributed by atoms with E-state index in [-0.39, 0.29) is 11.7 Å². The first-order valence-corrected chi connectivity index (χ1v) is 9.90. The molecule has 0 atom stereocenters. The van der Waals surface area contributed by atoms with Gasteiger partial charge in [0.05, 0.1) is 18.4 Å². The van der Waals surface area contributed by atoms with Gasteiger partial charge in [-0.25, -0.2) is 4.39 Å². The summed E-state index contributed by atoms with van der Waals surface area (Å²) in [4.78, 5) is 16.8. The number of aromatic nitrogens is 2. The first-order chi connectivity index (χ1) is 14.5. The number of carbonyl (C=O) groups excluding carboxylic acids is 1. The van der Waals surface area contributed by atoms with Crippen LogP contribution in [0, 0.1) is 5.82 Å². The van der Waals surface area contributed by atoms with Gasteiger partial charge in [0.15, 0.2) is 5.82 Å². The maximum Gasteiger partial charge on any atom is 0.257 e. The van der Waals surface area contributed by atoms with E-state index in [1.54, 1.807) is 35.2 Å². The van der Waals surface area contributed by atoms with Gasteiger partial charge in [-0.1, -0.05) is 11.6 Å². The molecule has 1 aliphatic rings. The molecule has 6 nitrogen and oxygen atoms in total.